The fourth-order valence-electron chi connectivity index (χ4n) is 4.40. The Labute approximate surface area is 192 Å². The van der Waals surface area contributed by atoms with Crippen LogP contribution in [0.5, 0.6) is 0 Å². The molecule has 1 aromatic carbocycles. The lowest BCUT2D eigenvalue weighted by molar-refractivity contribution is -0.115. The van der Waals surface area contributed by atoms with Crippen molar-refractivity contribution in [3.05, 3.63) is 81.9 Å². The summed E-state index contributed by atoms with van der Waals surface area (Å²) in [5.74, 6) is 0.671. The summed E-state index contributed by atoms with van der Waals surface area (Å²) in [7, 11) is 0. The maximum Gasteiger partial charge on any atom is 0.258 e. The summed E-state index contributed by atoms with van der Waals surface area (Å²) in [5.41, 5.74) is 7.08. The van der Waals surface area contributed by atoms with E-state index >= 15 is 0 Å². The molecular weight excluding hydrogens is 396 g/mol. The van der Waals surface area contributed by atoms with Gasteiger partial charge in [-0.3, -0.25) is 10.2 Å². The number of hydrogen-bond donors (Lipinski definition) is 4. The first-order valence-electron chi connectivity index (χ1n) is 11.6. The second kappa shape index (κ2) is 10.0. The SMILES string of the molecule is CCc1ccc(C)c(C2C=C3C(=CC2CC)NC(=O)/C3=C(/C)NC(=N)/C=C\NC(C)C)c1. The molecule has 1 aliphatic heterocycles. The number of amides is 1. The van der Waals surface area contributed by atoms with E-state index in [4.69, 9.17) is 5.41 Å². The summed E-state index contributed by atoms with van der Waals surface area (Å²) in [4.78, 5) is 12.9. The Bertz CT molecular complexity index is 1030. The van der Waals surface area contributed by atoms with Crippen LogP contribution in [-0.2, 0) is 11.2 Å². The van der Waals surface area contributed by atoms with Gasteiger partial charge in [0.2, 0.25) is 0 Å². The third kappa shape index (κ3) is 5.04. The van der Waals surface area contributed by atoms with Crippen molar-refractivity contribution >= 4 is 11.7 Å². The summed E-state index contributed by atoms with van der Waals surface area (Å²) in [6.45, 7) is 12.5. The fraction of sp³-hybridized carbons (Fsp3) is 0.407. The highest BCUT2D eigenvalue weighted by molar-refractivity contribution is 6.06. The van der Waals surface area contributed by atoms with E-state index in [0.717, 1.165) is 24.1 Å². The van der Waals surface area contributed by atoms with Crippen LogP contribution in [0.15, 0.2) is 65.2 Å². The van der Waals surface area contributed by atoms with Gasteiger partial charge in [-0.1, -0.05) is 44.2 Å². The first-order chi connectivity index (χ1) is 15.2. The van der Waals surface area contributed by atoms with Crippen molar-refractivity contribution in [3.63, 3.8) is 0 Å². The number of carbonyl (C=O) groups is 1. The number of aryl methyl sites for hydroxylation is 2. The number of fused-ring (bicyclic) bond motifs is 1. The number of hydrogen-bond acceptors (Lipinski definition) is 3. The van der Waals surface area contributed by atoms with Crippen LogP contribution in [0.1, 0.15) is 63.6 Å². The Balaban J connectivity index is 1.97. The molecule has 2 atom stereocenters. The molecule has 5 nitrogen and oxygen atoms in total. The highest BCUT2D eigenvalue weighted by Gasteiger charge is 2.35. The van der Waals surface area contributed by atoms with Crippen LogP contribution in [0.4, 0.5) is 0 Å². The first-order valence-corrected chi connectivity index (χ1v) is 11.6. The van der Waals surface area contributed by atoms with Crippen molar-refractivity contribution < 1.29 is 4.79 Å². The van der Waals surface area contributed by atoms with E-state index in [0.29, 0.717) is 23.2 Å². The molecule has 0 bridgehead atoms. The molecule has 1 heterocycles. The zero-order valence-corrected chi connectivity index (χ0v) is 20.1. The van der Waals surface area contributed by atoms with Gasteiger partial charge in [-0.25, -0.2) is 0 Å². The van der Waals surface area contributed by atoms with Crippen molar-refractivity contribution in [3.8, 4) is 0 Å². The zero-order valence-electron chi connectivity index (χ0n) is 20.1. The van der Waals surface area contributed by atoms with E-state index in [1.54, 1.807) is 12.3 Å². The van der Waals surface area contributed by atoms with Crippen molar-refractivity contribution in [1.82, 2.24) is 16.0 Å². The Morgan fingerprint density at radius 2 is 2.00 bits per heavy atom. The molecule has 0 spiro atoms. The first kappa shape index (κ1) is 23.6. The van der Waals surface area contributed by atoms with Crippen molar-refractivity contribution in [2.75, 3.05) is 0 Å². The van der Waals surface area contributed by atoms with E-state index in [-0.39, 0.29) is 17.7 Å². The molecule has 1 amide bonds. The second-order valence-electron chi connectivity index (χ2n) is 8.95. The molecule has 4 N–H and O–H groups in total. The Kier molecular flexibility index (Phi) is 7.39. The molecule has 3 rings (SSSR count). The van der Waals surface area contributed by atoms with Gasteiger partial charge in [-0.15, -0.1) is 0 Å². The molecule has 1 aromatic rings. The molecular formula is C27H36N4O. The standard InChI is InChI=1S/C27H36N4O/c1-7-19-10-9-17(5)21(13-19)22-15-23-24(14-20(22)8-2)31-27(32)26(23)18(6)30-25(28)11-12-29-16(3)4/h9-16,20,22,29H,7-8H2,1-6H3,(H2,28,30)(H,31,32)/b12-11-,26-18-. The minimum absolute atomic E-state index is 0.112. The summed E-state index contributed by atoms with van der Waals surface area (Å²) in [6.07, 6.45) is 9.89. The van der Waals surface area contributed by atoms with E-state index in [2.05, 4.69) is 67.1 Å². The molecule has 0 saturated carbocycles. The molecule has 1 fully saturated rings. The summed E-state index contributed by atoms with van der Waals surface area (Å²) in [5, 5.41) is 17.5. The highest BCUT2D eigenvalue weighted by atomic mass is 16.2. The number of amidine groups is 1. The normalized spacial score (nSPS) is 21.8. The van der Waals surface area contributed by atoms with Gasteiger partial charge in [0.1, 0.15) is 5.84 Å². The van der Waals surface area contributed by atoms with Crippen molar-refractivity contribution in [2.24, 2.45) is 5.92 Å². The number of rotatable bonds is 7. The number of carbonyl (C=O) groups excluding carboxylic acids is 1. The maximum absolute atomic E-state index is 12.9. The lowest BCUT2D eigenvalue weighted by Gasteiger charge is -2.28. The third-order valence-corrected chi connectivity index (χ3v) is 6.18. The number of allylic oxidation sites excluding steroid dienone is 4. The van der Waals surface area contributed by atoms with Gasteiger partial charge < -0.3 is 16.0 Å². The van der Waals surface area contributed by atoms with Crippen molar-refractivity contribution in [1.29, 1.82) is 5.41 Å². The Hall–Kier alpha value is -3.08. The molecule has 32 heavy (non-hydrogen) atoms. The van der Waals surface area contributed by atoms with E-state index < -0.39 is 0 Å². The van der Waals surface area contributed by atoms with E-state index in [1.807, 2.05) is 20.8 Å². The predicted molar refractivity (Wildman–Crippen MR) is 132 cm³/mol. The minimum atomic E-state index is -0.112. The van der Waals surface area contributed by atoms with Crippen LogP contribution >= 0.6 is 0 Å². The number of benzene rings is 1. The van der Waals surface area contributed by atoms with Crippen LogP contribution in [0.3, 0.4) is 0 Å². The molecule has 5 heteroatoms. The fourth-order valence-corrected chi connectivity index (χ4v) is 4.40. The zero-order chi connectivity index (χ0) is 23.4. The smallest absolute Gasteiger partial charge is 0.258 e. The quantitative estimate of drug-likeness (QED) is 0.279. The third-order valence-electron chi connectivity index (χ3n) is 6.18. The van der Waals surface area contributed by atoms with Gasteiger partial charge in [0, 0.05) is 35.1 Å². The minimum Gasteiger partial charge on any atom is -0.389 e. The van der Waals surface area contributed by atoms with Crippen LogP contribution in [0.2, 0.25) is 0 Å². The average Bonchev–Trinajstić information content (AvgIpc) is 3.07. The lowest BCUT2D eigenvalue weighted by Crippen LogP contribution is -2.23. The van der Waals surface area contributed by atoms with Gasteiger partial charge in [0.15, 0.2) is 0 Å². The van der Waals surface area contributed by atoms with E-state index in [1.165, 1.54) is 16.7 Å². The molecule has 170 valence electrons. The highest BCUT2D eigenvalue weighted by Crippen LogP contribution is 2.42. The molecule has 1 saturated heterocycles. The van der Waals surface area contributed by atoms with Gasteiger partial charge in [0.25, 0.3) is 5.91 Å². The summed E-state index contributed by atoms with van der Waals surface area (Å²) < 4.78 is 0. The largest absolute Gasteiger partial charge is 0.389 e. The van der Waals surface area contributed by atoms with Gasteiger partial charge >= 0.3 is 0 Å². The van der Waals surface area contributed by atoms with Crippen LogP contribution in [0.25, 0.3) is 0 Å². The predicted octanol–water partition coefficient (Wildman–Crippen LogP) is 4.97. The molecule has 1 aliphatic carbocycles. The van der Waals surface area contributed by atoms with Gasteiger partial charge in [-0.05, 0) is 69.2 Å². The van der Waals surface area contributed by atoms with Gasteiger partial charge in [-0.2, -0.15) is 0 Å². The molecule has 0 radical (unpaired) electrons. The van der Waals surface area contributed by atoms with Crippen LogP contribution < -0.4 is 16.0 Å². The second-order valence-corrected chi connectivity index (χ2v) is 8.95. The average molecular weight is 433 g/mol. The molecule has 0 aromatic heterocycles. The lowest BCUT2D eigenvalue weighted by atomic mass is 9.76. The number of nitrogens with one attached hydrogen (secondary N) is 4. The summed E-state index contributed by atoms with van der Waals surface area (Å²) in [6, 6.07) is 7.03. The van der Waals surface area contributed by atoms with Crippen LogP contribution in [-0.4, -0.2) is 17.8 Å². The topological polar surface area (TPSA) is 77.0 Å². The van der Waals surface area contributed by atoms with Gasteiger partial charge in [0.05, 0.1) is 5.57 Å². The Morgan fingerprint density at radius 3 is 2.66 bits per heavy atom. The van der Waals surface area contributed by atoms with Crippen LogP contribution in [0, 0.1) is 18.3 Å². The Morgan fingerprint density at radius 1 is 1.25 bits per heavy atom. The maximum atomic E-state index is 12.9. The van der Waals surface area contributed by atoms with E-state index in [9.17, 15) is 4.79 Å². The molecule has 2 unspecified atom stereocenters. The summed E-state index contributed by atoms with van der Waals surface area (Å²) >= 11 is 0. The van der Waals surface area contributed by atoms with Crippen molar-refractivity contribution in [2.45, 2.75) is 66.3 Å². The monoisotopic (exact) mass is 432 g/mol. The molecule has 2 aliphatic rings.